The first-order valence-electron chi connectivity index (χ1n) is 8.86. The molecule has 0 fully saturated rings. The highest BCUT2D eigenvalue weighted by molar-refractivity contribution is 5.72. The zero-order chi connectivity index (χ0) is 19.6. The number of benzene rings is 2. The minimum Gasteiger partial charge on any atom is -0.497 e. The quantitative estimate of drug-likeness (QED) is 0.482. The van der Waals surface area contributed by atoms with Crippen LogP contribution in [0.2, 0.25) is 0 Å². The molecule has 0 aliphatic rings. The van der Waals surface area contributed by atoms with E-state index < -0.39 is 0 Å². The molecule has 0 spiro atoms. The minimum absolute atomic E-state index is 0.244. The SMILES string of the molecule is CCOC(=O)C(C)COc1cc(/C=C/c2ccc(OC)cc2)cc(OC)c1. The number of carbonyl (C=O) groups is 1. The average molecular weight is 370 g/mol. The Kier molecular flexibility index (Phi) is 7.74. The summed E-state index contributed by atoms with van der Waals surface area (Å²) in [4.78, 5) is 11.7. The van der Waals surface area contributed by atoms with Gasteiger partial charge in [-0.2, -0.15) is 0 Å². The van der Waals surface area contributed by atoms with Crippen molar-refractivity contribution in [3.63, 3.8) is 0 Å². The van der Waals surface area contributed by atoms with Crippen molar-refractivity contribution in [2.24, 2.45) is 5.92 Å². The normalized spacial score (nSPS) is 11.9. The summed E-state index contributed by atoms with van der Waals surface area (Å²) in [5, 5.41) is 0. The number of rotatable bonds is 9. The number of methoxy groups -OCH3 is 2. The predicted octanol–water partition coefficient (Wildman–Crippen LogP) is 4.45. The van der Waals surface area contributed by atoms with Crippen LogP contribution in [0.3, 0.4) is 0 Å². The summed E-state index contributed by atoms with van der Waals surface area (Å²) in [6.45, 7) is 4.17. The molecular formula is C22H26O5. The lowest BCUT2D eigenvalue weighted by atomic mass is 10.1. The van der Waals surface area contributed by atoms with Gasteiger partial charge < -0.3 is 18.9 Å². The van der Waals surface area contributed by atoms with Crippen molar-refractivity contribution >= 4 is 18.1 Å². The van der Waals surface area contributed by atoms with Crippen LogP contribution < -0.4 is 14.2 Å². The Morgan fingerprint density at radius 2 is 1.56 bits per heavy atom. The Labute approximate surface area is 160 Å². The van der Waals surface area contributed by atoms with Gasteiger partial charge in [0.2, 0.25) is 0 Å². The molecule has 0 aliphatic carbocycles. The van der Waals surface area contributed by atoms with Gasteiger partial charge in [-0.3, -0.25) is 4.79 Å². The minimum atomic E-state index is -0.338. The van der Waals surface area contributed by atoms with E-state index in [1.165, 1.54) is 0 Å². The lowest BCUT2D eigenvalue weighted by molar-refractivity contribution is -0.148. The largest absolute Gasteiger partial charge is 0.497 e. The summed E-state index contributed by atoms with van der Waals surface area (Å²) in [6, 6.07) is 13.4. The molecule has 5 heteroatoms. The molecule has 2 aromatic carbocycles. The molecule has 0 saturated heterocycles. The lowest BCUT2D eigenvalue weighted by Gasteiger charge is -2.13. The standard InChI is InChI=1S/C22H26O5/c1-5-26-22(23)16(2)15-27-21-13-18(12-20(14-21)25-4)7-6-17-8-10-19(24-3)11-9-17/h6-14,16H,5,15H2,1-4H3/b7-6+. The van der Waals surface area contributed by atoms with E-state index in [0.717, 1.165) is 16.9 Å². The monoisotopic (exact) mass is 370 g/mol. The summed E-state index contributed by atoms with van der Waals surface area (Å²) < 4.78 is 21.3. The van der Waals surface area contributed by atoms with Crippen molar-refractivity contribution in [2.75, 3.05) is 27.4 Å². The molecule has 2 rings (SSSR count). The second kappa shape index (κ2) is 10.3. The Morgan fingerprint density at radius 1 is 0.926 bits per heavy atom. The molecule has 0 saturated carbocycles. The third-order valence-corrected chi connectivity index (χ3v) is 3.91. The topological polar surface area (TPSA) is 54.0 Å². The molecule has 0 aromatic heterocycles. The first kappa shape index (κ1) is 20.4. The van der Waals surface area contributed by atoms with Crippen LogP contribution in [0.4, 0.5) is 0 Å². The molecule has 2 aromatic rings. The second-order valence-corrected chi connectivity index (χ2v) is 6.01. The van der Waals surface area contributed by atoms with Gasteiger partial charge in [0.1, 0.15) is 23.9 Å². The van der Waals surface area contributed by atoms with Gasteiger partial charge in [0, 0.05) is 6.07 Å². The highest BCUT2D eigenvalue weighted by atomic mass is 16.5. The number of esters is 1. The van der Waals surface area contributed by atoms with Crippen molar-refractivity contribution in [3.05, 3.63) is 53.6 Å². The molecule has 0 N–H and O–H groups in total. The van der Waals surface area contributed by atoms with Crippen LogP contribution in [0.5, 0.6) is 17.2 Å². The van der Waals surface area contributed by atoms with Crippen LogP contribution in [-0.2, 0) is 9.53 Å². The van der Waals surface area contributed by atoms with E-state index in [9.17, 15) is 4.79 Å². The number of carbonyl (C=O) groups excluding carboxylic acids is 1. The Morgan fingerprint density at radius 3 is 2.19 bits per heavy atom. The average Bonchev–Trinajstić information content (AvgIpc) is 2.70. The van der Waals surface area contributed by atoms with Gasteiger partial charge in [-0.05, 0) is 49.2 Å². The molecule has 144 valence electrons. The fraction of sp³-hybridized carbons (Fsp3) is 0.318. The summed E-state index contributed by atoms with van der Waals surface area (Å²) in [5.41, 5.74) is 1.99. The molecule has 1 atom stereocenters. The lowest BCUT2D eigenvalue weighted by Crippen LogP contribution is -2.21. The highest BCUT2D eigenvalue weighted by Crippen LogP contribution is 2.25. The highest BCUT2D eigenvalue weighted by Gasteiger charge is 2.15. The third-order valence-electron chi connectivity index (χ3n) is 3.91. The first-order chi connectivity index (χ1) is 13.0. The van der Waals surface area contributed by atoms with Crippen molar-refractivity contribution in [1.82, 2.24) is 0 Å². The summed E-state index contributed by atoms with van der Waals surface area (Å²) in [7, 11) is 3.25. The number of ether oxygens (including phenoxy) is 4. The summed E-state index contributed by atoms with van der Waals surface area (Å²) >= 11 is 0. The van der Waals surface area contributed by atoms with E-state index in [1.54, 1.807) is 34.1 Å². The van der Waals surface area contributed by atoms with Crippen molar-refractivity contribution < 1.29 is 23.7 Å². The van der Waals surface area contributed by atoms with Crippen LogP contribution >= 0.6 is 0 Å². The molecule has 0 bridgehead atoms. The zero-order valence-electron chi connectivity index (χ0n) is 16.2. The van der Waals surface area contributed by atoms with Crippen LogP contribution in [0.1, 0.15) is 25.0 Å². The maximum Gasteiger partial charge on any atom is 0.312 e. The van der Waals surface area contributed by atoms with Crippen LogP contribution in [0.25, 0.3) is 12.2 Å². The van der Waals surface area contributed by atoms with Gasteiger partial charge in [-0.15, -0.1) is 0 Å². The van der Waals surface area contributed by atoms with Crippen LogP contribution in [0.15, 0.2) is 42.5 Å². The molecule has 27 heavy (non-hydrogen) atoms. The van der Waals surface area contributed by atoms with Gasteiger partial charge in [0.25, 0.3) is 0 Å². The number of hydrogen-bond donors (Lipinski definition) is 0. The zero-order valence-corrected chi connectivity index (χ0v) is 16.2. The summed E-state index contributed by atoms with van der Waals surface area (Å²) in [6.07, 6.45) is 3.98. The van der Waals surface area contributed by atoms with Crippen molar-refractivity contribution in [1.29, 1.82) is 0 Å². The summed E-state index contributed by atoms with van der Waals surface area (Å²) in [5.74, 6) is 1.54. The van der Waals surface area contributed by atoms with E-state index in [1.807, 2.05) is 48.6 Å². The van der Waals surface area contributed by atoms with E-state index in [2.05, 4.69) is 0 Å². The first-order valence-corrected chi connectivity index (χ1v) is 8.86. The second-order valence-electron chi connectivity index (χ2n) is 6.01. The Hall–Kier alpha value is -2.95. The maximum atomic E-state index is 11.7. The molecule has 1 unspecified atom stereocenters. The van der Waals surface area contributed by atoms with Crippen LogP contribution in [0, 0.1) is 5.92 Å². The molecule has 0 radical (unpaired) electrons. The van der Waals surface area contributed by atoms with Gasteiger partial charge >= 0.3 is 5.97 Å². The molecular weight excluding hydrogens is 344 g/mol. The van der Waals surface area contributed by atoms with Crippen LogP contribution in [-0.4, -0.2) is 33.4 Å². The molecule has 0 heterocycles. The fourth-order valence-corrected chi connectivity index (χ4v) is 2.37. The Balaban J connectivity index is 2.09. The van der Waals surface area contributed by atoms with Crippen molar-refractivity contribution in [3.8, 4) is 17.2 Å². The van der Waals surface area contributed by atoms with Gasteiger partial charge in [0.15, 0.2) is 0 Å². The van der Waals surface area contributed by atoms with Crippen molar-refractivity contribution in [2.45, 2.75) is 13.8 Å². The van der Waals surface area contributed by atoms with E-state index >= 15 is 0 Å². The maximum absolute atomic E-state index is 11.7. The smallest absolute Gasteiger partial charge is 0.312 e. The van der Waals surface area contributed by atoms with E-state index in [0.29, 0.717) is 18.1 Å². The number of hydrogen-bond acceptors (Lipinski definition) is 5. The van der Waals surface area contributed by atoms with Gasteiger partial charge in [-0.25, -0.2) is 0 Å². The van der Waals surface area contributed by atoms with Gasteiger partial charge in [-0.1, -0.05) is 24.3 Å². The van der Waals surface area contributed by atoms with E-state index in [-0.39, 0.29) is 18.5 Å². The predicted molar refractivity (Wildman–Crippen MR) is 106 cm³/mol. The third kappa shape index (κ3) is 6.37. The molecule has 0 aliphatic heterocycles. The Bertz CT molecular complexity index is 765. The van der Waals surface area contributed by atoms with Gasteiger partial charge in [0.05, 0.1) is 26.7 Å². The molecule has 5 nitrogen and oxygen atoms in total. The fourth-order valence-electron chi connectivity index (χ4n) is 2.37. The van der Waals surface area contributed by atoms with E-state index in [4.69, 9.17) is 18.9 Å². The molecule has 0 amide bonds.